The number of fused-ring (bicyclic) bond motifs is 1. The molecule has 1 amide bonds. The van der Waals surface area contributed by atoms with Crippen molar-refractivity contribution in [3.8, 4) is 0 Å². The number of amides is 1. The number of nitrogens with zero attached hydrogens (tertiary/aromatic N) is 2. The molecule has 0 radical (unpaired) electrons. The maximum absolute atomic E-state index is 12.3. The van der Waals surface area contributed by atoms with Crippen molar-refractivity contribution in [2.24, 2.45) is 0 Å². The molecule has 7 heteroatoms. The maximum Gasteiger partial charge on any atom is 0.292 e. The molecule has 2 aromatic heterocycles. The normalized spacial score (nSPS) is 11.1. The summed E-state index contributed by atoms with van der Waals surface area (Å²) >= 11 is 6.07. The second-order valence-electron chi connectivity index (χ2n) is 6.69. The smallest absolute Gasteiger partial charge is 0.292 e. The number of hydrogen-bond acceptors (Lipinski definition) is 4. The number of carbonyl (C=O) groups is 1. The number of hydrogen-bond donors (Lipinski definition) is 2. The van der Waals surface area contributed by atoms with E-state index in [2.05, 4.69) is 26.5 Å². The van der Waals surface area contributed by atoms with Crippen LogP contribution in [0.2, 0.25) is 5.02 Å². The van der Waals surface area contributed by atoms with E-state index in [1.165, 1.54) is 0 Å². The number of halogens is 1. The molecule has 28 heavy (non-hydrogen) atoms. The lowest BCUT2D eigenvalue weighted by atomic mass is 10.1. The van der Waals surface area contributed by atoms with Gasteiger partial charge in [-0.3, -0.25) is 4.79 Å². The van der Waals surface area contributed by atoms with Gasteiger partial charge in [0.15, 0.2) is 0 Å². The summed E-state index contributed by atoms with van der Waals surface area (Å²) in [5, 5.41) is 8.36. The minimum absolute atomic E-state index is 0.0459. The molecule has 4 aromatic rings. The number of H-pyrrole nitrogens is 1. The van der Waals surface area contributed by atoms with Gasteiger partial charge < -0.3 is 14.8 Å². The van der Waals surface area contributed by atoms with Crippen molar-refractivity contribution in [1.29, 1.82) is 0 Å². The molecular weight excluding hydrogens is 376 g/mol. The number of aromatic nitrogens is 3. The first-order valence-electron chi connectivity index (χ1n) is 9.00. The SMILES string of the molecule is Cc1cccc(Cc2nc(C(=O)NCCc3c[nH]c4ccc(Cl)cc34)no2)c1. The highest BCUT2D eigenvalue weighted by molar-refractivity contribution is 6.31. The van der Waals surface area contributed by atoms with Gasteiger partial charge in [-0.05, 0) is 42.7 Å². The lowest BCUT2D eigenvalue weighted by Gasteiger charge is -2.02. The van der Waals surface area contributed by atoms with Gasteiger partial charge in [0, 0.05) is 28.7 Å². The standard InChI is InChI=1S/C21H19ClN4O2/c1-13-3-2-4-14(9-13)10-19-25-20(26-28-19)21(27)23-8-7-15-12-24-18-6-5-16(22)11-17(15)18/h2-6,9,11-12,24H,7-8,10H2,1H3,(H,23,27). The molecule has 0 fully saturated rings. The summed E-state index contributed by atoms with van der Waals surface area (Å²) in [6.07, 6.45) is 3.10. The third kappa shape index (κ3) is 4.07. The molecule has 0 saturated carbocycles. The summed E-state index contributed by atoms with van der Waals surface area (Å²) in [5.41, 5.74) is 4.33. The summed E-state index contributed by atoms with van der Waals surface area (Å²) in [5.74, 6) is 0.115. The number of aryl methyl sites for hydroxylation is 1. The van der Waals surface area contributed by atoms with Crippen LogP contribution in [0.5, 0.6) is 0 Å². The number of carbonyl (C=O) groups excluding carboxylic acids is 1. The molecule has 2 heterocycles. The van der Waals surface area contributed by atoms with Crippen LogP contribution in [0.25, 0.3) is 10.9 Å². The van der Waals surface area contributed by atoms with Gasteiger partial charge in [-0.1, -0.05) is 46.6 Å². The summed E-state index contributed by atoms with van der Waals surface area (Å²) in [6, 6.07) is 13.7. The second kappa shape index (κ2) is 7.86. The fourth-order valence-electron chi connectivity index (χ4n) is 3.16. The molecular formula is C21H19ClN4O2. The fourth-order valence-corrected chi connectivity index (χ4v) is 3.33. The molecule has 2 N–H and O–H groups in total. The minimum atomic E-state index is -0.350. The van der Waals surface area contributed by atoms with E-state index in [1.807, 2.05) is 49.5 Å². The quantitative estimate of drug-likeness (QED) is 0.516. The monoisotopic (exact) mass is 394 g/mol. The van der Waals surface area contributed by atoms with E-state index >= 15 is 0 Å². The second-order valence-corrected chi connectivity index (χ2v) is 7.12. The highest BCUT2D eigenvalue weighted by Crippen LogP contribution is 2.22. The Morgan fingerprint density at radius 1 is 1.25 bits per heavy atom. The number of aromatic amines is 1. The first-order valence-corrected chi connectivity index (χ1v) is 9.38. The molecule has 142 valence electrons. The number of nitrogens with one attached hydrogen (secondary N) is 2. The molecule has 0 bridgehead atoms. The van der Waals surface area contributed by atoms with Crippen LogP contribution < -0.4 is 5.32 Å². The Bertz CT molecular complexity index is 1130. The topological polar surface area (TPSA) is 83.8 Å². The Kier molecular flexibility index (Phi) is 5.12. The van der Waals surface area contributed by atoms with Crippen LogP contribution in [-0.2, 0) is 12.8 Å². The zero-order chi connectivity index (χ0) is 19.5. The van der Waals surface area contributed by atoms with E-state index in [4.69, 9.17) is 16.1 Å². The first-order chi connectivity index (χ1) is 13.6. The molecule has 0 aliphatic heterocycles. The summed E-state index contributed by atoms with van der Waals surface area (Å²) < 4.78 is 5.21. The Morgan fingerprint density at radius 2 is 2.14 bits per heavy atom. The van der Waals surface area contributed by atoms with Crippen molar-refractivity contribution in [2.45, 2.75) is 19.8 Å². The van der Waals surface area contributed by atoms with Crippen LogP contribution in [0.4, 0.5) is 0 Å². The van der Waals surface area contributed by atoms with E-state index in [9.17, 15) is 4.79 Å². The van der Waals surface area contributed by atoms with Crippen molar-refractivity contribution in [3.05, 3.63) is 82.1 Å². The van der Waals surface area contributed by atoms with E-state index in [0.29, 0.717) is 30.3 Å². The predicted octanol–water partition coefficient (Wildman–Crippen LogP) is 4.08. The number of benzene rings is 2. The van der Waals surface area contributed by atoms with E-state index in [-0.39, 0.29) is 11.7 Å². The van der Waals surface area contributed by atoms with Crippen molar-refractivity contribution in [3.63, 3.8) is 0 Å². The predicted molar refractivity (Wildman–Crippen MR) is 108 cm³/mol. The third-order valence-electron chi connectivity index (χ3n) is 4.52. The van der Waals surface area contributed by atoms with Crippen molar-refractivity contribution in [1.82, 2.24) is 20.4 Å². The van der Waals surface area contributed by atoms with Gasteiger partial charge in [-0.25, -0.2) is 0 Å². The van der Waals surface area contributed by atoms with Gasteiger partial charge in [0.2, 0.25) is 5.89 Å². The lowest BCUT2D eigenvalue weighted by Crippen LogP contribution is -2.26. The van der Waals surface area contributed by atoms with Crippen molar-refractivity contribution < 1.29 is 9.32 Å². The van der Waals surface area contributed by atoms with Crippen molar-refractivity contribution in [2.75, 3.05) is 6.54 Å². The third-order valence-corrected chi connectivity index (χ3v) is 4.75. The average Bonchev–Trinajstić information content (AvgIpc) is 3.29. The Morgan fingerprint density at radius 3 is 3.00 bits per heavy atom. The highest BCUT2D eigenvalue weighted by Gasteiger charge is 2.15. The van der Waals surface area contributed by atoms with Gasteiger partial charge in [-0.15, -0.1) is 0 Å². The minimum Gasteiger partial charge on any atom is -0.361 e. The molecule has 0 unspecified atom stereocenters. The van der Waals surface area contributed by atoms with Crippen LogP contribution in [0.1, 0.15) is 33.2 Å². The fraction of sp³-hybridized carbons (Fsp3) is 0.190. The Labute approximate surface area is 166 Å². The lowest BCUT2D eigenvalue weighted by molar-refractivity contribution is 0.0941. The van der Waals surface area contributed by atoms with Crippen LogP contribution in [-0.4, -0.2) is 27.6 Å². The van der Waals surface area contributed by atoms with Crippen LogP contribution in [0.3, 0.4) is 0 Å². The van der Waals surface area contributed by atoms with Gasteiger partial charge >= 0.3 is 0 Å². The van der Waals surface area contributed by atoms with E-state index in [0.717, 1.165) is 27.6 Å². The van der Waals surface area contributed by atoms with Gasteiger partial charge in [0.05, 0.1) is 6.42 Å². The van der Waals surface area contributed by atoms with Crippen LogP contribution in [0, 0.1) is 6.92 Å². The molecule has 0 atom stereocenters. The molecule has 0 spiro atoms. The van der Waals surface area contributed by atoms with Crippen molar-refractivity contribution >= 4 is 28.4 Å². The largest absolute Gasteiger partial charge is 0.361 e. The molecule has 6 nitrogen and oxygen atoms in total. The van der Waals surface area contributed by atoms with Crippen LogP contribution >= 0.6 is 11.6 Å². The van der Waals surface area contributed by atoms with E-state index < -0.39 is 0 Å². The van der Waals surface area contributed by atoms with E-state index in [1.54, 1.807) is 0 Å². The summed E-state index contributed by atoms with van der Waals surface area (Å²) in [6.45, 7) is 2.48. The highest BCUT2D eigenvalue weighted by atomic mass is 35.5. The van der Waals surface area contributed by atoms with Gasteiger partial charge in [0.25, 0.3) is 11.7 Å². The molecule has 0 aliphatic carbocycles. The maximum atomic E-state index is 12.3. The average molecular weight is 395 g/mol. The molecule has 0 saturated heterocycles. The number of rotatable bonds is 6. The Hall–Kier alpha value is -3.12. The van der Waals surface area contributed by atoms with Gasteiger partial charge in [0.1, 0.15) is 0 Å². The zero-order valence-corrected chi connectivity index (χ0v) is 16.1. The van der Waals surface area contributed by atoms with Gasteiger partial charge in [-0.2, -0.15) is 4.98 Å². The molecule has 4 rings (SSSR count). The zero-order valence-electron chi connectivity index (χ0n) is 15.3. The Balaban J connectivity index is 1.35. The van der Waals surface area contributed by atoms with Crippen LogP contribution in [0.15, 0.2) is 53.2 Å². The molecule has 0 aliphatic rings. The first kappa shape index (κ1) is 18.3. The summed E-state index contributed by atoms with van der Waals surface area (Å²) in [4.78, 5) is 19.7. The molecule has 2 aromatic carbocycles. The summed E-state index contributed by atoms with van der Waals surface area (Å²) in [7, 11) is 0.